The first-order valence-electron chi connectivity index (χ1n) is 23.6. The Labute approximate surface area is 410 Å². The fourth-order valence-electron chi connectivity index (χ4n) is 10.9. The quantitative estimate of drug-likeness (QED) is 0.0666. The number of anilines is 1. The molecule has 3 aromatic carbocycles. The smallest absolute Gasteiger partial charge is 0.336 e. The number of allylic oxidation sites excluding steroid dienone is 2. The lowest BCUT2D eigenvalue weighted by Crippen LogP contribution is -2.79. The first-order chi connectivity index (χ1) is 34.5. The highest BCUT2D eigenvalue weighted by molar-refractivity contribution is 5.90. The third-order valence-electron chi connectivity index (χ3n) is 14.4. The minimum atomic E-state index is -2.69. The monoisotopic (exact) mass is 992 g/mol. The van der Waals surface area contributed by atoms with Gasteiger partial charge in [0, 0.05) is 55.1 Å². The second kappa shape index (κ2) is 18.8. The number of carboxylic acids is 1. The van der Waals surface area contributed by atoms with Crippen LogP contribution < -0.4 is 47.1 Å². The van der Waals surface area contributed by atoms with E-state index in [-0.39, 0.29) is 41.2 Å². The first-order valence-corrected chi connectivity index (χ1v) is 23.6. The van der Waals surface area contributed by atoms with Gasteiger partial charge in [0.25, 0.3) is 0 Å². The molecule has 1 saturated carbocycles. The molecule has 16 N–H and O–H groups in total. The van der Waals surface area contributed by atoms with Gasteiger partial charge in [-0.25, -0.2) is 4.79 Å². The van der Waals surface area contributed by atoms with Crippen molar-refractivity contribution in [3.63, 3.8) is 0 Å². The van der Waals surface area contributed by atoms with Crippen molar-refractivity contribution in [2.24, 2.45) is 11.7 Å². The molecule has 72 heavy (non-hydrogen) atoms. The summed E-state index contributed by atoms with van der Waals surface area (Å²) in [6.45, 7) is 0.405. The molecule has 0 amide bonds. The molecule has 21 heteroatoms. The zero-order chi connectivity index (χ0) is 50.7. The van der Waals surface area contributed by atoms with Gasteiger partial charge in [0.05, 0.1) is 12.4 Å². The number of dihydropyridines is 1. The maximum absolute atomic E-state index is 14.2. The number of nitrogens with two attached hydrogens (primary N) is 2. The number of benzene rings is 3. The van der Waals surface area contributed by atoms with Crippen LogP contribution in [0.4, 0.5) is 5.82 Å². The second-order valence-corrected chi connectivity index (χ2v) is 19.0. The molecule has 0 spiro atoms. The average molecular weight is 993 g/mol. The van der Waals surface area contributed by atoms with Crippen molar-refractivity contribution in [3.8, 4) is 40.1 Å². The second-order valence-electron chi connectivity index (χ2n) is 19.0. The number of hydrogen-bond acceptors (Lipinski definition) is 19. The number of phenols is 2. The molecular weight excluding hydrogens is 937 g/mol. The van der Waals surface area contributed by atoms with Gasteiger partial charge in [0.1, 0.15) is 57.5 Å². The molecule has 5 aliphatic rings. The number of fused-ring (bicyclic) bond motifs is 3. The molecule has 3 fully saturated rings. The molecule has 5 heterocycles. The molecule has 9 atom stereocenters. The summed E-state index contributed by atoms with van der Waals surface area (Å²) in [5, 5.41) is 101. The van der Waals surface area contributed by atoms with Crippen LogP contribution in [0.3, 0.4) is 0 Å². The Balaban J connectivity index is 1.08. The number of aliphatic hydroxyl groups excluding tert-OH is 3. The highest BCUT2D eigenvalue weighted by Gasteiger charge is 2.71. The summed E-state index contributed by atoms with van der Waals surface area (Å²) in [7, 11) is 0. The lowest BCUT2D eigenvalue weighted by molar-refractivity contribution is -0.344. The van der Waals surface area contributed by atoms with E-state index >= 15 is 0 Å². The SMILES string of the molecule is NC1=CC(CC2=C[C@]3(O)[C@H](Oc4cc5oc(-c6ccc(O[C@@H](CO)[C@H](O)c7ccc(N)[nH]7)cc6)cc(=O)c5c(O)c4OC4(c5cccc(O)c5)CCCC4)O[C@H](C(=O)O)[C@](O)([C@@H]2[C@H]2CNCN2)[C@H]3O)=CCN1. The van der Waals surface area contributed by atoms with Crippen LogP contribution in [0.1, 0.15) is 49.5 Å². The van der Waals surface area contributed by atoms with Crippen molar-refractivity contribution in [3.05, 3.63) is 129 Å². The number of rotatable bonds is 15. The number of aromatic hydroxyl groups is 2. The molecule has 10 rings (SSSR count). The minimum absolute atomic E-state index is 0.00693. The van der Waals surface area contributed by atoms with Gasteiger partial charge in [-0.3, -0.25) is 10.1 Å². The van der Waals surface area contributed by atoms with Crippen LogP contribution in [0.5, 0.6) is 28.7 Å². The molecule has 0 unspecified atom stereocenters. The van der Waals surface area contributed by atoms with E-state index in [0.29, 0.717) is 78.5 Å². The van der Waals surface area contributed by atoms with Gasteiger partial charge >= 0.3 is 5.97 Å². The largest absolute Gasteiger partial charge is 0.508 e. The third kappa shape index (κ3) is 8.56. The molecule has 2 bridgehead atoms. The Morgan fingerprint density at radius 2 is 1.78 bits per heavy atom. The number of H-pyrrole nitrogens is 1. The summed E-state index contributed by atoms with van der Waals surface area (Å²) >= 11 is 0. The van der Waals surface area contributed by atoms with Crippen molar-refractivity contribution < 1.29 is 69.0 Å². The number of carbonyl (C=O) groups is 1. The number of carboxylic acid groups (broad SMARTS) is 1. The summed E-state index contributed by atoms with van der Waals surface area (Å²) in [6, 6.07) is 17.4. The van der Waals surface area contributed by atoms with Gasteiger partial charge in [0.2, 0.25) is 12.0 Å². The number of aromatic amines is 1. The summed E-state index contributed by atoms with van der Waals surface area (Å²) in [5.74, 6) is -3.51. The van der Waals surface area contributed by atoms with Crippen LogP contribution in [-0.2, 0) is 15.1 Å². The Bertz CT molecular complexity index is 3030. The molecule has 2 aliphatic carbocycles. The Kier molecular flexibility index (Phi) is 12.7. The van der Waals surface area contributed by atoms with E-state index in [9.17, 15) is 50.4 Å². The molecule has 0 radical (unpaired) electrons. The van der Waals surface area contributed by atoms with E-state index in [1.807, 2.05) is 6.08 Å². The highest BCUT2D eigenvalue weighted by Crippen LogP contribution is 2.55. The number of aliphatic carboxylic acids is 1. The van der Waals surface area contributed by atoms with Gasteiger partial charge in [-0.05, 0) is 104 Å². The van der Waals surface area contributed by atoms with E-state index in [2.05, 4.69) is 20.9 Å². The van der Waals surface area contributed by atoms with Gasteiger partial charge in [-0.15, -0.1) is 0 Å². The Hall–Kier alpha value is -7.08. The maximum Gasteiger partial charge on any atom is 0.336 e. The van der Waals surface area contributed by atoms with E-state index in [0.717, 1.165) is 6.07 Å². The van der Waals surface area contributed by atoms with Gasteiger partial charge in [-0.1, -0.05) is 23.8 Å². The third-order valence-corrected chi connectivity index (χ3v) is 14.4. The number of aromatic nitrogens is 1. The van der Waals surface area contributed by atoms with Crippen molar-refractivity contribution in [1.29, 1.82) is 0 Å². The van der Waals surface area contributed by atoms with E-state index in [4.69, 9.17) is 34.8 Å². The first kappa shape index (κ1) is 48.5. The standard InChI is InChI=1S/C51H56N6O15/c52-38-11-10-31(57-38)42(61)37(23-58)68-30-8-6-26(7-9-30)34-19-33(60)40-35(69-34)20-36(44(43(40)62)72-49(13-1-2-14-49)28-4-3-5-29(59)18-28)70-48-50(66)21-27(16-25-12-15-55-39(53)17-25)41(32-22-54-24-56-32)51(67,47(50)65)45(71-48)46(63)64/h3-12,17-21,32,37,41-42,45,47-48,54-59,61-62,65-67H,1-2,13-16,22-24,52-53H2,(H,63,64)/t32-,37+,41+,42-,45-,47+,48-,50-,51-/m1/s1. The van der Waals surface area contributed by atoms with Gasteiger partial charge in [0.15, 0.2) is 34.7 Å². The molecule has 2 saturated heterocycles. The zero-order valence-corrected chi connectivity index (χ0v) is 38.7. The number of aliphatic hydroxyl groups is 5. The fraction of sp³-hybridized carbons (Fsp3) is 0.373. The van der Waals surface area contributed by atoms with Crippen LogP contribution in [0.15, 0.2) is 117 Å². The molecule has 3 aliphatic heterocycles. The molecule has 380 valence electrons. The number of ether oxygens (including phenoxy) is 4. The van der Waals surface area contributed by atoms with Crippen LogP contribution >= 0.6 is 0 Å². The van der Waals surface area contributed by atoms with Crippen LogP contribution in [0.25, 0.3) is 22.3 Å². The predicted octanol–water partition coefficient (Wildman–Crippen LogP) is 1.91. The van der Waals surface area contributed by atoms with Crippen LogP contribution in [-0.4, -0.2) is 120 Å². The predicted molar refractivity (Wildman–Crippen MR) is 257 cm³/mol. The van der Waals surface area contributed by atoms with E-state index in [1.165, 1.54) is 36.4 Å². The van der Waals surface area contributed by atoms with Crippen molar-refractivity contribution in [2.45, 2.75) is 85.7 Å². The topological polar surface area (TPSA) is 350 Å². The maximum atomic E-state index is 14.2. The fourth-order valence-corrected chi connectivity index (χ4v) is 10.9. The number of nitrogens with one attached hydrogen (secondary N) is 4. The minimum Gasteiger partial charge on any atom is -0.508 e. The van der Waals surface area contributed by atoms with Gasteiger partial charge in [-0.2, -0.15) is 0 Å². The summed E-state index contributed by atoms with van der Waals surface area (Å²) in [6.07, 6.45) is -1.95. The van der Waals surface area contributed by atoms with Gasteiger partial charge < -0.3 is 91.3 Å². The molecule has 21 nitrogen and oxygen atoms in total. The summed E-state index contributed by atoms with van der Waals surface area (Å²) in [5.41, 5.74) is 6.61. The average Bonchev–Trinajstić information content (AvgIpc) is 4.16. The summed E-state index contributed by atoms with van der Waals surface area (Å²) < 4.78 is 31.6. The highest BCUT2D eigenvalue weighted by atomic mass is 16.7. The normalized spacial score (nSPS) is 27.5. The zero-order valence-electron chi connectivity index (χ0n) is 38.7. The molecular formula is C51H56N6O15. The number of nitrogen functional groups attached to an aromatic ring is 1. The lowest BCUT2D eigenvalue weighted by Gasteiger charge is -2.58. The summed E-state index contributed by atoms with van der Waals surface area (Å²) in [4.78, 5) is 30.4. The van der Waals surface area contributed by atoms with Crippen molar-refractivity contribution in [1.82, 2.24) is 20.9 Å². The number of phenolic OH excluding ortho intramolecular Hbond substituents is 2. The Morgan fingerprint density at radius 3 is 2.44 bits per heavy atom. The molecule has 5 aromatic rings. The Morgan fingerprint density at radius 1 is 1.00 bits per heavy atom. The van der Waals surface area contributed by atoms with Crippen LogP contribution in [0.2, 0.25) is 0 Å². The van der Waals surface area contributed by atoms with E-state index < -0.39 is 94.7 Å². The van der Waals surface area contributed by atoms with Crippen molar-refractivity contribution in [2.75, 3.05) is 32.1 Å². The number of hydrogen-bond donors (Lipinski definition) is 14. The van der Waals surface area contributed by atoms with Crippen LogP contribution in [0, 0.1) is 5.92 Å². The van der Waals surface area contributed by atoms with E-state index in [1.54, 1.807) is 42.5 Å². The molecule has 2 aromatic heterocycles. The lowest BCUT2D eigenvalue weighted by atomic mass is 9.59. The van der Waals surface area contributed by atoms with Crippen molar-refractivity contribution >= 4 is 22.8 Å².